The van der Waals surface area contributed by atoms with Gasteiger partial charge in [0.15, 0.2) is 0 Å². The van der Waals surface area contributed by atoms with Gasteiger partial charge >= 0.3 is 6.18 Å². The number of nitrogens with one attached hydrogen (secondary N) is 1. The molecule has 6 nitrogen and oxygen atoms in total. The van der Waals surface area contributed by atoms with Crippen LogP contribution in [0.1, 0.15) is 16.7 Å². The third-order valence-electron chi connectivity index (χ3n) is 5.84. The summed E-state index contributed by atoms with van der Waals surface area (Å²) in [5.41, 5.74) is 3.49. The molecule has 3 heterocycles. The second kappa shape index (κ2) is 8.98. The molecule has 0 saturated carbocycles. The first-order chi connectivity index (χ1) is 16.3. The van der Waals surface area contributed by atoms with Gasteiger partial charge < -0.3 is 19.4 Å². The van der Waals surface area contributed by atoms with Crippen molar-refractivity contribution in [3.05, 3.63) is 77.5 Å². The molecule has 4 aromatic rings. The Bertz CT molecular complexity index is 1280. The van der Waals surface area contributed by atoms with Crippen LogP contribution in [0.15, 0.2) is 60.8 Å². The third-order valence-corrected chi connectivity index (χ3v) is 5.84. The van der Waals surface area contributed by atoms with E-state index in [-0.39, 0.29) is 5.88 Å². The van der Waals surface area contributed by atoms with Crippen molar-refractivity contribution in [1.29, 1.82) is 0 Å². The molecule has 176 valence electrons. The molecule has 1 fully saturated rings. The Hall–Kier alpha value is -3.59. The van der Waals surface area contributed by atoms with Gasteiger partial charge in [0.2, 0.25) is 11.8 Å². The number of hydrogen-bond acceptors (Lipinski definition) is 5. The summed E-state index contributed by atoms with van der Waals surface area (Å²) in [6, 6.07) is 15.8. The fourth-order valence-electron chi connectivity index (χ4n) is 3.84. The van der Waals surface area contributed by atoms with Gasteiger partial charge in [-0.05, 0) is 47.9 Å². The first kappa shape index (κ1) is 22.2. The van der Waals surface area contributed by atoms with E-state index in [1.165, 1.54) is 11.6 Å². The van der Waals surface area contributed by atoms with E-state index in [2.05, 4.69) is 28.5 Å². The van der Waals surface area contributed by atoms with Gasteiger partial charge in [0.1, 0.15) is 5.75 Å². The Morgan fingerprint density at radius 3 is 2.47 bits per heavy atom. The highest BCUT2D eigenvalue weighted by Gasteiger charge is 2.30. The molecule has 0 spiro atoms. The molecule has 0 bridgehead atoms. The number of hydrogen-bond donors (Lipinski definition) is 1. The van der Waals surface area contributed by atoms with Crippen LogP contribution < -0.4 is 10.1 Å². The summed E-state index contributed by atoms with van der Waals surface area (Å²) in [5.74, 6) is 1.96. The fourth-order valence-corrected chi connectivity index (χ4v) is 3.84. The van der Waals surface area contributed by atoms with Crippen LogP contribution in [0.4, 0.5) is 19.1 Å². The Kier molecular flexibility index (Phi) is 5.87. The standard InChI is InChI=1S/C25H23F3N4O2/c1-32-22-11-17(10-18-14-33-15-18)4-8-21(22)31-24(32)30-12-16-2-6-20(7-3-16)34-23-9-5-19(13-29-23)25(26,27)28/h2-9,11,13,18H,10,12,14-15H2,1H3,(H,30,31). The lowest BCUT2D eigenvalue weighted by Crippen LogP contribution is -2.29. The minimum Gasteiger partial charge on any atom is -0.439 e. The molecule has 0 aliphatic carbocycles. The van der Waals surface area contributed by atoms with E-state index in [9.17, 15) is 13.2 Å². The molecule has 1 aliphatic heterocycles. The molecule has 1 N–H and O–H groups in total. The lowest BCUT2D eigenvalue weighted by atomic mass is 9.98. The van der Waals surface area contributed by atoms with Crippen molar-refractivity contribution in [3.8, 4) is 11.6 Å². The number of benzene rings is 2. The maximum atomic E-state index is 12.7. The second-order valence-electron chi connectivity index (χ2n) is 8.41. The highest BCUT2D eigenvalue weighted by Crippen LogP contribution is 2.30. The number of anilines is 1. The van der Waals surface area contributed by atoms with Gasteiger partial charge in [-0.3, -0.25) is 0 Å². The number of aryl methyl sites for hydroxylation is 1. The lowest BCUT2D eigenvalue weighted by molar-refractivity contribution is -0.137. The molecule has 9 heteroatoms. The molecule has 1 saturated heterocycles. The molecule has 1 aliphatic rings. The Labute approximate surface area is 194 Å². The molecule has 0 atom stereocenters. The van der Waals surface area contributed by atoms with Crippen LogP contribution in [0.25, 0.3) is 11.0 Å². The smallest absolute Gasteiger partial charge is 0.417 e. The maximum Gasteiger partial charge on any atom is 0.417 e. The van der Waals surface area contributed by atoms with Gasteiger partial charge in [-0.2, -0.15) is 13.2 Å². The number of nitrogens with zero attached hydrogens (tertiary/aromatic N) is 3. The van der Waals surface area contributed by atoms with Crippen LogP contribution in [0.5, 0.6) is 11.6 Å². The quantitative estimate of drug-likeness (QED) is 0.384. The topological polar surface area (TPSA) is 61.2 Å². The molecule has 0 radical (unpaired) electrons. The van der Waals surface area contributed by atoms with Crippen LogP contribution in [-0.2, 0) is 30.9 Å². The van der Waals surface area contributed by atoms with E-state index < -0.39 is 11.7 Å². The Morgan fingerprint density at radius 2 is 1.82 bits per heavy atom. The van der Waals surface area contributed by atoms with Crippen molar-refractivity contribution >= 4 is 17.0 Å². The Morgan fingerprint density at radius 1 is 1.06 bits per heavy atom. The van der Waals surface area contributed by atoms with Crippen molar-refractivity contribution in [2.24, 2.45) is 13.0 Å². The minimum atomic E-state index is -4.42. The van der Waals surface area contributed by atoms with Crippen LogP contribution >= 0.6 is 0 Å². The molecular weight excluding hydrogens is 445 g/mol. The first-order valence-electron chi connectivity index (χ1n) is 10.9. The number of halogens is 3. The molecule has 0 amide bonds. The highest BCUT2D eigenvalue weighted by atomic mass is 19.4. The second-order valence-corrected chi connectivity index (χ2v) is 8.41. The van der Waals surface area contributed by atoms with E-state index in [1.54, 1.807) is 12.1 Å². The summed E-state index contributed by atoms with van der Waals surface area (Å²) in [6.45, 7) is 2.23. The number of pyridine rings is 1. The van der Waals surface area contributed by atoms with Crippen molar-refractivity contribution in [2.75, 3.05) is 18.5 Å². The minimum absolute atomic E-state index is 0.0998. The van der Waals surface area contributed by atoms with Gasteiger partial charge in [-0.15, -0.1) is 0 Å². The monoisotopic (exact) mass is 468 g/mol. The predicted molar refractivity (Wildman–Crippen MR) is 122 cm³/mol. The summed E-state index contributed by atoms with van der Waals surface area (Å²) >= 11 is 0. The normalized spacial score (nSPS) is 14.2. The largest absolute Gasteiger partial charge is 0.439 e. The van der Waals surface area contributed by atoms with Crippen molar-refractivity contribution in [3.63, 3.8) is 0 Å². The number of aromatic nitrogens is 3. The molecule has 0 unspecified atom stereocenters. The van der Waals surface area contributed by atoms with Crippen LogP contribution in [-0.4, -0.2) is 27.7 Å². The van der Waals surface area contributed by atoms with Gasteiger partial charge in [0, 0.05) is 31.8 Å². The first-order valence-corrected chi connectivity index (χ1v) is 10.9. The third kappa shape index (κ3) is 4.84. The van der Waals surface area contributed by atoms with Gasteiger partial charge in [0.25, 0.3) is 0 Å². The summed E-state index contributed by atoms with van der Waals surface area (Å²) in [7, 11) is 1.99. The molecule has 5 rings (SSSR count). The number of fused-ring (bicyclic) bond motifs is 1. The van der Waals surface area contributed by atoms with Crippen molar-refractivity contribution < 1.29 is 22.6 Å². The molecule has 2 aromatic carbocycles. The van der Waals surface area contributed by atoms with Crippen molar-refractivity contribution in [1.82, 2.24) is 14.5 Å². The van der Waals surface area contributed by atoms with Crippen LogP contribution in [0, 0.1) is 5.92 Å². The Balaban J connectivity index is 1.21. The van der Waals surface area contributed by atoms with Crippen LogP contribution in [0.2, 0.25) is 0 Å². The van der Waals surface area contributed by atoms with E-state index in [1.807, 2.05) is 23.7 Å². The number of alkyl halides is 3. The van der Waals surface area contributed by atoms with Crippen molar-refractivity contribution in [2.45, 2.75) is 19.1 Å². The summed E-state index contributed by atoms with van der Waals surface area (Å²) < 4.78 is 50.8. The fraction of sp³-hybridized carbons (Fsp3) is 0.280. The number of ether oxygens (including phenoxy) is 2. The summed E-state index contributed by atoms with van der Waals surface area (Å²) in [5, 5.41) is 3.36. The van der Waals surface area contributed by atoms with Gasteiger partial charge in [0.05, 0.1) is 29.8 Å². The van der Waals surface area contributed by atoms with E-state index in [0.717, 1.165) is 54.4 Å². The number of imidazole rings is 1. The molecular formula is C25H23F3N4O2. The van der Waals surface area contributed by atoms with Gasteiger partial charge in [-0.25, -0.2) is 9.97 Å². The van der Waals surface area contributed by atoms with Crippen LogP contribution in [0.3, 0.4) is 0 Å². The highest BCUT2D eigenvalue weighted by molar-refractivity contribution is 5.79. The average molecular weight is 468 g/mol. The summed E-state index contributed by atoms with van der Waals surface area (Å²) in [4.78, 5) is 8.42. The van der Waals surface area contributed by atoms with Gasteiger partial charge in [-0.1, -0.05) is 18.2 Å². The average Bonchev–Trinajstić information content (AvgIpc) is 3.11. The van der Waals surface area contributed by atoms with E-state index >= 15 is 0 Å². The molecule has 34 heavy (non-hydrogen) atoms. The predicted octanol–water partition coefficient (Wildman–Crippen LogP) is 5.58. The van der Waals surface area contributed by atoms with E-state index in [4.69, 9.17) is 14.5 Å². The zero-order valence-corrected chi connectivity index (χ0v) is 18.5. The van der Waals surface area contributed by atoms with E-state index in [0.29, 0.717) is 18.2 Å². The zero-order valence-electron chi connectivity index (χ0n) is 18.5. The zero-order chi connectivity index (χ0) is 23.7. The SMILES string of the molecule is Cn1c(NCc2ccc(Oc3ccc(C(F)(F)F)cn3)cc2)nc2ccc(CC3COC3)cc21. The number of rotatable bonds is 7. The maximum absolute atomic E-state index is 12.7. The summed E-state index contributed by atoms with van der Waals surface area (Å²) in [6.07, 6.45) is -2.65. The molecule has 2 aromatic heterocycles. The lowest BCUT2D eigenvalue weighted by Gasteiger charge is -2.25.